The summed E-state index contributed by atoms with van der Waals surface area (Å²) in [5.74, 6) is -0.0134. The Hall–Kier alpha value is -1.65. The van der Waals surface area contributed by atoms with E-state index in [9.17, 15) is 4.79 Å². The molecule has 0 atom stereocenters. The van der Waals surface area contributed by atoms with Crippen LogP contribution < -0.4 is 11.1 Å². The highest BCUT2D eigenvalue weighted by molar-refractivity contribution is 5.93. The summed E-state index contributed by atoms with van der Waals surface area (Å²) < 4.78 is 0. The van der Waals surface area contributed by atoms with Gasteiger partial charge in [-0.1, -0.05) is 0 Å². The lowest BCUT2D eigenvalue weighted by Crippen LogP contribution is -2.23. The molecule has 0 saturated heterocycles. The predicted molar refractivity (Wildman–Crippen MR) is 44.5 cm³/mol. The maximum absolute atomic E-state index is 11.1. The molecule has 0 saturated carbocycles. The topological polar surface area (TPSA) is 80.9 Å². The minimum atomic E-state index is -0.183. The Kier molecular flexibility index (Phi) is 2.57. The van der Waals surface area contributed by atoms with E-state index < -0.39 is 0 Å². The third-order valence-corrected chi connectivity index (χ3v) is 1.27. The van der Waals surface area contributed by atoms with Crippen LogP contribution in [0, 0.1) is 0 Å². The number of nitrogens with one attached hydrogen (secondary N) is 1. The third-order valence-electron chi connectivity index (χ3n) is 1.27. The van der Waals surface area contributed by atoms with Crippen LogP contribution in [0.4, 0.5) is 5.95 Å². The molecule has 5 heteroatoms. The summed E-state index contributed by atoms with van der Waals surface area (Å²) in [6, 6.07) is 0. The van der Waals surface area contributed by atoms with E-state index in [1.807, 2.05) is 6.92 Å². The molecular formula is C7H10N4O. The van der Waals surface area contributed by atoms with Gasteiger partial charge in [0, 0.05) is 18.9 Å². The van der Waals surface area contributed by atoms with E-state index in [2.05, 4.69) is 15.3 Å². The summed E-state index contributed by atoms with van der Waals surface area (Å²) >= 11 is 0. The molecule has 3 N–H and O–H groups in total. The van der Waals surface area contributed by atoms with Crippen molar-refractivity contribution in [2.75, 3.05) is 12.3 Å². The average molecular weight is 166 g/mol. The number of nitrogen functional groups attached to an aromatic ring is 1. The van der Waals surface area contributed by atoms with E-state index in [0.717, 1.165) is 0 Å². The van der Waals surface area contributed by atoms with E-state index in [1.165, 1.54) is 12.4 Å². The summed E-state index contributed by atoms with van der Waals surface area (Å²) in [7, 11) is 0. The first-order chi connectivity index (χ1) is 5.74. The normalized spacial score (nSPS) is 9.42. The first-order valence-corrected chi connectivity index (χ1v) is 3.59. The Labute approximate surface area is 70.0 Å². The second-order valence-electron chi connectivity index (χ2n) is 2.19. The number of rotatable bonds is 2. The quantitative estimate of drug-likeness (QED) is 0.638. The van der Waals surface area contributed by atoms with Crippen LogP contribution in [0.3, 0.4) is 0 Å². The molecule has 1 aromatic heterocycles. The van der Waals surface area contributed by atoms with Crippen LogP contribution in [-0.4, -0.2) is 22.4 Å². The lowest BCUT2D eigenvalue weighted by molar-refractivity contribution is 0.0955. The molecule has 1 heterocycles. The molecule has 0 unspecified atom stereocenters. The molecule has 1 amide bonds. The van der Waals surface area contributed by atoms with E-state index in [4.69, 9.17) is 5.73 Å². The third kappa shape index (κ3) is 1.91. The summed E-state index contributed by atoms with van der Waals surface area (Å²) in [4.78, 5) is 18.5. The largest absolute Gasteiger partial charge is 0.368 e. The lowest BCUT2D eigenvalue weighted by atomic mass is 10.3. The molecule has 0 bridgehead atoms. The number of anilines is 1. The molecule has 0 fully saturated rings. The molecule has 0 aliphatic carbocycles. The van der Waals surface area contributed by atoms with Gasteiger partial charge in [0.1, 0.15) is 0 Å². The number of hydrogen-bond donors (Lipinski definition) is 2. The number of amides is 1. The zero-order valence-electron chi connectivity index (χ0n) is 6.74. The van der Waals surface area contributed by atoms with Crippen LogP contribution in [0.25, 0.3) is 0 Å². The molecular weight excluding hydrogens is 156 g/mol. The van der Waals surface area contributed by atoms with Crippen molar-refractivity contribution in [2.45, 2.75) is 6.92 Å². The van der Waals surface area contributed by atoms with Crippen molar-refractivity contribution in [1.29, 1.82) is 0 Å². The van der Waals surface area contributed by atoms with Crippen molar-refractivity contribution >= 4 is 11.9 Å². The van der Waals surface area contributed by atoms with Gasteiger partial charge in [-0.3, -0.25) is 4.79 Å². The van der Waals surface area contributed by atoms with Gasteiger partial charge < -0.3 is 11.1 Å². The zero-order chi connectivity index (χ0) is 8.97. The Morgan fingerprint density at radius 1 is 1.58 bits per heavy atom. The SMILES string of the molecule is CCNC(=O)c1cnc(N)nc1. The van der Waals surface area contributed by atoms with Gasteiger partial charge in [0.2, 0.25) is 5.95 Å². The zero-order valence-corrected chi connectivity index (χ0v) is 6.74. The summed E-state index contributed by atoms with van der Waals surface area (Å²) in [6.45, 7) is 2.43. The van der Waals surface area contributed by atoms with E-state index in [0.29, 0.717) is 12.1 Å². The molecule has 0 aromatic carbocycles. The summed E-state index contributed by atoms with van der Waals surface area (Å²) in [5, 5.41) is 2.62. The van der Waals surface area contributed by atoms with Crippen molar-refractivity contribution in [3.8, 4) is 0 Å². The second-order valence-corrected chi connectivity index (χ2v) is 2.19. The van der Waals surface area contributed by atoms with Crippen LogP contribution in [0.15, 0.2) is 12.4 Å². The first-order valence-electron chi connectivity index (χ1n) is 3.59. The standard InChI is InChI=1S/C7H10N4O/c1-2-9-6(12)5-3-10-7(8)11-4-5/h3-4H,2H2,1H3,(H,9,12)(H2,8,10,11). The number of carbonyl (C=O) groups is 1. The predicted octanol–water partition coefficient (Wildman–Crippen LogP) is -0.192. The molecule has 0 radical (unpaired) electrons. The van der Waals surface area contributed by atoms with Crippen LogP contribution >= 0.6 is 0 Å². The molecule has 0 spiro atoms. The fraction of sp³-hybridized carbons (Fsp3) is 0.286. The number of hydrogen-bond acceptors (Lipinski definition) is 4. The van der Waals surface area contributed by atoms with Crippen molar-refractivity contribution in [1.82, 2.24) is 15.3 Å². The monoisotopic (exact) mass is 166 g/mol. The van der Waals surface area contributed by atoms with E-state index >= 15 is 0 Å². The van der Waals surface area contributed by atoms with E-state index in [1.54, 1.807) is 0 Å². The van der Waals surface area contributed by atoms with Crippen LogP contribution in [0.1, 0.15) is 17.3 Å². The average Bonchev–Trinajstić information content (AvgIpc) is 2.06. The Balaban J connectivity index is 2.75. The number of aromatic nitrogens is 2. The molecule has 0 aliphatic rings. The Bertz CT molecular complexity index is 269. The van der Waals surface area contributed by atoms with Gasteiger partial charge in [-0.15, -0.1) is 0 Å². The molecule has 1 aromatic rings. The highest BCUT2D eigenvalue weighted by Crippen LogP contribution is 1.95. The van der Waals surface area contributed by atoms with Crippen LogP contribution in [0.2, 0.25) is 0 Å². The molecule has 1 rings (SSSR count). The minimum Gasteiger partial charge on any atom is -0.368 e. The van der Waals surface area contributed by atoms with Gasteiger partial charge >= 0.3 is 0 Å². The number of nitrogens with zero attached hydrogens (tertiary/aromatic N) is 2. The molecule has 64 valence electrons. The van der Waals surface area contributed by atoms with Gasteiger partial charge in [-0.05, 0) is 6.92 Å². The molecule has 0 aliphatic heterocycles. The van der Waals surface area contributed by atoms with Crippen molar-refractivity contribution in [3.05, 3.63) is 18.0 Å². The lowest BCUT2D eigenvalue weighted by Gasteiger charge is -1.99. The van der Waals surface area contributed by atoms with Crippen molar-refractivity contribution < 1.29 is 4.79 Å². The maximum atomic E-state index is 11.1. The van der Waals surface area contributed by atoms with Crippen molar-refractivity contribution in [2.24, 2.45) is 0 Å². The van der Waals surface area contributed by atoms with Crippen LogP contribution in [0.5, 0.6) is 0 Å². The summed E-state index contributed by atoms with van der Waals surface area (Å²) in [5.41, 5.74) is 5.67. The Morgan fingerprint density at radius 3 is 2.67 bits per heavy atom. The number of nitrogens with two attached hydrogens (primary N) is 1. The van der Waals surface area contributed by atoms with Gasteiger partial charge in [0.05, 0.1) is 5.56 Å². The smallest absolute Gasteiger partial charge is 0.254 e. The van der Waals surface area contributed by atoms with Gasteiger partial charge in [0.15, 0.2) is 0 Å². The first kappa shape index (κ1) is 8.45. The highest BCUT2D eigenvalue weighted by atomic mass is 16.1. The fourth-order valence-corrected chi connectivity index (χ4v) is 0.718. The fourth-order valence-electron chi connectivity index (χ4n) is 0.718. The highest BCUT2D eigenvalue weighted by Gasteiger charge is 2.03. The van der Waals surface area contributed by atoms with E-state index in [-0.39, 0.29) is 11.9 Å². The summed E-state index contributed by atoms with van der Waals surface area (Å²) in [6.07, 6.45) is 2.79. The van der Waals surface area contributed by atoms with Crippen molar-refractivity contribution in [3.63, 3.8) is 0 Å². The van der Waals surface area contributed by atoms with Gasteiger partial charge in [-0.2, -0.15) is 0 Å². The molecule has 5 nitrogen and oxygen atoms in total. The number of carbonyl (C=O) groups excluding carboxylic acids is 1. The van der Waals surface area contributed by atoms with Crippen LogP contribution in [-0.2, 0) is 0 Å². The molecule has 12 heavy (non-hydrogen) atoms. The van der Waals surface area contributed by atoms with Gasteiger partial charge in [0.25, 0.3) is 5.91 Å². The Morgan fingerprint density at radius 2 is 2.17 bits per heavy atom. The minimum absolute atomic E-state index is 0.169. The maximum Gasteiger partial charge on any atom is 0.254 e. The van der Waals surface area contributed by atoms with Gasteiger partial charge in [-0.25, -0.2) is 9.97 Å². The second kappa shape index (κ2) is 3.66.